The van der Waals surface area contributed by atoms with Gasteiger partial charge in [-0.1, -0.05) is 12.1 Å². The number of hydrogen-bond acceptors (Lipinski definition) is 7. The highest BCUT2D eigenvalue weighted by Gasteiger charge is 2.13. The monoisotopic (exact) mass is 424 g/mol. The summed E-state index contributed by atoms with van der Waals surface area (Å²) in [6.45, 7) is 2.18. The summed E-state index contributed by atoms with van der Waals surface area (Å²) in [6.07, 6.45) is 3.92. The Bertz CT molecular complexity index is 1130. The highest BCUT2D eigenvalue weighted by molar-refractivity contribution is 7.89. The van der Waals surface area contributed by atoms with Crippen molar-refractivity contribution in [2.45, 2.75) is 17.7 Å². The fourth-order valence-electron chi connectivity index (χ4n) is 3.40. The predicted octanol–water partition coefficient (Wildman–Crippen LogP) is 3.47. The van der Waals surface area contributed by atoms with E-state index < -0.39 is 10.0 Å². The molecule has 156 valence electrons. The zero-order chi connectivity index (χ0) is 21.0. The van der Waals surface area contributed by atoms with Crippen LogP contribution in [0.4, 0.5) is 28.7 Å². The zero-order valence-electron chi connectivity index (χ0n) is 16.7. The molecule has 1 aliphatic rings. The van der Waals surface area contributed by atoms with Crippen LogP contribution in [0.3, 0.4) is 0 Å². The molecular formula is C21H24N6O2S. The molecule has 0 bridgehead atoms. The van der Waals surface area contributed by atoms with Crippen molar-refractivity contribution < 1.29 is 8.42 Å². The number of hydrogen-bond donors (Lipinski definition) is 3. The maximum atomic E-state index is 12.0. The van der Waals surface area contributed by atoms with E-state index in [2.05, 4.69) is 42.4 Å². The van der Waals surface area contributed by atoms with Gasteiger partial charge in [0, 0.05) is 36.2 Å². The van der Waals surface area contributed by atoms with Crippen LogP contribution in [0, 0.1) is 0 Å². The zero-order valence-corrected chi connectivity index (χ0v) is 17.5. The van der Waals surface area contributed by atoms with Crippen LogP contribution in [0.5, 0.6) is 0 Å². The summed E-state index contributed by atoms with van der Waals surface area (Å²) in [5, 5.41) is 6.45. The molecule has 0 saturated carbocycles. The van der Waals surface area contributed by atoms with Crippen molar-refractivity contribution in [3.8, 4) is 0 Å². The highest BCUT2D eigenvalue weighted by Crippen LogP contribution is 2.26. The SMILES string of the molecule is CNS(=O)(=O)c1cccc(Nc2cc(Nc3cccc(N4CCCC4)c3)ncn2)c1. The van der Waals surface area contributed by atoms with Gasteiger partial charge in [0.1, 0.15) is 18.0 Å². The van der Waals surface area contributed by atoms with Crippen molar-refractivity contribution in [2.24, 2.45) is 0 Å². The summed E-state index contributed by atoms with van der Waals surface area (Å²) in [4.78, 5) is 11.1. The van der Waals surface area contributed by atoms with Gasteiger partial charge >= 0.3 is 0 Å². The number of anilines is 5. The fraction of sp³-hybridized carbons (Fsp3) is 0.238. The van der Waals surface area contributed by atoms with Crippen molar-refractivity contribution in [3.63, 3.8) is 0 Å². The molecule has 0 unspecified atom stereocenters. The first kappa shape index (κ1) is 20.1. The Kier molecular flexibility index (Phi) is 5.82. The van der Waals surface area contributed by atoms with Crippen LogP contribution in [0.25, 0.3) is 0 Å². The van der Waals surface area contributed by atoms with Gasteiger partial charge in [-0.05, 0) is 56.3 Å². The van der Waals surface area contributed by atoms with Gasteiger partial charge < -0.3 is 15.5 Å². The number of aromatic nitrogens is 2. The summed E-state index contributed by atoms with van der Waals surface area (Å²) < 4.78 is 26.3. The van der Waals surface area contributed by atoms with Crippen LogP contribution in [0.1, 0.15) is 12.8 Å². The summed E-state index contributed by atoms with van der Waals surface area (Å²) in [7, 11) is -2.13. The Hall–Kier alpha value is -3.17. The second-order valence-corrected chi connectivity index (χ2v) is 8.90. The second-order valence-electron chi connectivity index (χ2n) is 7.02. The Morgan fingerprint density at radius 3 is 2.17 bits per heavy atom. The van der Waals surface area contributed by atoms with E-state index >= 15 is 0 Å². The van der Waals surface area contributed by atoms with E-state index in [1.807, 2.05) is 12.1 Å². The van der Waals surface area contributed by atoms with Crippen molar-refractivity contribution in [2.75, 3.05) is 35.7 Å². The predicted molar refractivity (Wildman–Crippen MR) is 119 cm³/mol. The van der Waals surface area contributed by atoms with Crippen LogP contribution in [-0.2, 0) is 10.0 Å². The van der Waals surface area contributed by atoms with Crippen LogP contribution in [-0.4, -0.2) is 38.5 Å². The van der Waals surface area contributed by atoms with E-state index in [1.54, 1.807) is 24.3 Å². The van der Waals surface area contributed by atoms with E-state index in [0.29, 0.717) is 17.3 Å². The van der Waals surface area contributed by atoms with E-state index in [0.717, 1.165) is 18.8 Å². The molecule has 1 aromatic heterocycles. The van der Waals surface area contributed by atoms with E-state index in [4.69, 9.17) is 0 Å². The molecule has 1 fully saturated rings. The van der Waals surface area contributed by atoms with Crippen molar-refractivity contribution in [3.05, 3.63) is 60.9 Å². The van der Waals surface area contributed by atoms with Crippen molar-refractivity contribution in [1.29, 1.82) is 0 Å². The summed E-state index contributed by atoms with van der Waals surface area (Å²) >= 11 is 0. The van der Waals surface area contributed by atoms with Crippen LogP contribution in [0.2, 0.25) is 0 Å². The third-order valence-corrected chi connectivity index (χ3v) is 6.35. The van der Waals surface area contributed by atoms with Crippen LogP contribution in [0.15, 0.2) is 65.8 Å². The molecule has 9 heteroatoms. The minimum atomic E-state index is -3.51. The van der Waals surface area contributed by atoms with Gasteiger partial charge in [-0.15, -0.1) is 0 Å². The largest absolute Gasteiger partial charge is 0.371 e. The van der Waals surface area contributed by atoms with Gasteiger partial charge in [-0.25, -0.2) is 23.1 Å². The van der Waals surface area contributed by atoms with Crippen molar-refractivity contribution >= 4 is 38.7 Å². The lowest BCUT2D eigenvalue weighted by molar-refractivity contribution is 0.588. The Morgan fingerprint density at radius 2 is 1.50 bits per heavy atom. The minimum Gasteiger partial charge on any atom is -0.371 e. The molecule has 1 aliphatic heterocycles. The summed E-state index contributed by atoms with van der Waals surface area (Å²) in [5.74, 6) is 1.20. The third-order valence-electron chi connectivity index (χ3n) is 4.94. The average Bonchev–Trinajstić information content (AvgIpc) is 3.29. The van der Waals surface area contributed by atoms with Crippen LogP contribution >= 0.6 is 0 Å². The molecular weight excluding hydrogens is 400 g/mol. The molecule has 3 aromatic rings. The Morgan fingerprint density at radius 1 is 0.867 bits per heavy atom. The number of sulfonamides is 1. The first-order valence-corrected chi connectivity index (χ1v) is 11.3. The molecule has 0 spiro atoms. The molecule has 2 heterocycles. The molecule has 30 heavy (non-hydrogen) atoms. The topological polar surface area (TPSA) is 99.2 Å². The molecule has 2 aromatic carbocycles. The van der Waals surface area contributed by atoms with E-state index in [1.165, 1.54) is 38.0 Å². The lowest BCUT2D eigenvalue weighted by Crippen LogP contribution is -2.18. The maximum absolute atomic E-state index is 12.0. The fourth-order valence-corrected chi connectivity index (χ4v) is 4.18. The lowest BCUT2D eigenvalue weighted by atomic mass is 10.2. The Labute approximate surface area is 176 Å². The number of nitrogens with one attached hydrogen (secondary N) is 3. The standard InChI is InChI=1S/C21H24N6O2S/c1-22-30(28,29)19-9-5-7-17(13-19)26-21-14-20(23-15-24-21)25-16-6-4-8-18(12-16)27-10-2-3-11-27/h4-9,12-15,22H,2-3,10-11H2,1H3,(H2,23,24,25,26). The maximum Gasteiger partial charge on any atom is 0.240 e. The van der Waals surface area contributed by atoms with Gasteiger partial charge in [-0.3, -0.25) is 0 Å². The smallest absolute Gasteiger partial charge is 0.240 e. The van der Waals surface area contributed by atoms with Gasteiger partial charge in [0.15, 0.2) is 0 Å². The first-order chi connectivity index (χ1) is 14.5. The van der Waals surface area contributed by atoms with Gasteiger partial charge in [0.2, 0.25) is 10.0 Å². The first-order valence-electron chi connectivity index (χ1n) is 9.78. The second kappa shape index (κ2) is 8.68. The molecule has 8 nitrogen and oxygen atoms in total. The number of nitrogens with zero attached hydrogens (tertiary/aromatic N) is 3. The molecule has 4 rings (SSSR count). The van der Waals surface area contributed by atoms with Gasteiger partial charge in [0.25, 0.3) is 0 Å². The minimum absolute atomic E-state index is 0.182. The van der Waals surface area contributed by atoms with E-state index in [-0.39, 0.29) is 4.90 Å². The molecule has 3 N–H and O–H groups in total. The molecule has 0 amide bonds. The van der Waals surface area contributed by atoms with Crippen molar-refractivity contribution in [1.82, 2.24) is 14.7 Å². The van der Waals surface area contributed by atoms with E-state index in [9.17, 15) is 8.42 Å². The molecule has 0 atom stereocenters. The van der Waals surface area contributed by atoms with Gasteiger partial charge in [0.05, 0.1) is 4.90 Å². The normalized spacial score (nSPS) is 14.0. The molecule has 0 radical (unpaired) electrons. The molecule has 0 aliphatic carbocycles. The lowest BCUT2D eigenvalue weighted by Gasteiger charge is -2.18. The highest BCUT2D eigenvalue weighted by atomic mass is 32.2. The quantitative estimate of drug-likeness (QED) is 0.534. The number of benzene rings is 2. The van der Waals surface area contributed by atoms with Gasteiger partial charge in [-0.2, -0.15) is 0 Å². The van der Waals surface area contributed by atoms with Crippen LogP contribution < -0.4 is 20.3 Å². The third kappa shape index (κ3) is 4.69. The Balaban J connectivity index is 1.50. The summed E-state index contributed by atoms with van der Waals surface area (Å²) in [5.41, 5.74) is 2.77. The number of rotatable bonds is 7. The molecule has 1 saturated heterocycles. The average molecular weight is 425 g/mol. The summed E-state index contributed by atoms with van der Waals surface area (Å²) in [6, 6.07) is 16.6.